The van der Waals surface area contributed by atoms with Gasteiger partial charge in [0.15, 0.2) is 0 Å². The van der Waals surface area contributed by atoms with Crippen LogP contribution >= 0.6 is 0 Å². The van der Waals surface area contributed by atoms with Crippen molar-refractivity contribution in [2.75, 3.05) is 26.7 Å². The number of nitrogens with one attached hydrogen (secondary N) is 1. The van der Waals surface area contributed by atoms with Crippen molar-refractivity contribution in [3.63, 3.8) is 0 Å². The third kappa shape index (κ3) is 5.13. The Kier molecular flexibility index (Phi) is 7.31. The molecule has 0 radical (unpaired) electrons. The minimum atomic E-state index is -0.265. The first kappa shape index (κ1) is 25.1. The van der Waals surface area contributed by atoms with Crippen molar-refractivity contribution in [1.29, 1.82) is 0 Å². The summed E-state index contributed by atoms with van der Waals surface area (Å²) in [6.07, 6.45) is 6.27. The predicted molar refractivity (Wildman–Crippen MR) is 145 cm³/mol. The first-order chi connectivity index (χ1) is 18.0. The minimum Gasteiger partial charge on any atom is -0.508 e. The summed E-state index contributed by atoms with van der Waals surface area (Å²) >= 11 is 0. The average Bonchev–Trinajstić information content (AvgIpc) is 2.90. The van der Waals surface area contributed by atoms with E-state index >= 15 is 0 Å². The third-order valence-corrected chi connectivity index (χ3v) is 7.94. The molecule has 0 unspecified atom stereocenters. The largest absolute Gasteiger partial charge is 0.508 e. The van der Waals surface area contributed by atoms with E-state index in [1.165, 1.54) is 0 Å². The molecule has 2 bridgehead atoms. The summed E-state index contributed by atoms with van der Waals surface area (Å²) in [6.45, 7) is 1.41. The maximum atomic E-state index is 13.0. The molecule has 1 aliphatic carbocycles. The van der Waals surface area contributed by atoms with E-state index in [0.29, 0.717) is 24.6 Å². The number of carbonyl (C=O) groups is 1. The molecule has 3 atom stereocenters. The number of aliphatic hydroxyl groups excluding tert-OH is 1. The maximum Gasteiger partial charge on any atom is 0.255 e. The zero-order chi connectivity index (χ0) is 25.9. The fourth-order valence-corrected chi connectivity index (χ4v) is 5.96. The summed E-state index contributed by atoms with van der Waals surface area (Å²) in [5.41, 5.74) is 5.53. The van der Waals surface area contributed by atoms with Gasteiger partial charge in [0.05, 0.1) is 12.2 Å². The fourth-order valence-electron chi connectivity index (χ4n) is 5.96. The van der Waals surface area contributed by atoms with Crippen molar-refractivity contribution < 1.29 is 20.1 Å². The molecule has 1 heterocycles. The summed E-state index contributed by atoms with van der Waals surface area (Å²) in [6, 6.07) is 19.3. The first-order valence-electron chi connectivity index (χ1n) is 13.0. The number of carbonyl (C=O) groups excluding carboxylic acids is 1. The summed E-state index contributed by atoms with van der Waals surface area (Å²) < 4.78 is 0. The van der Waals surface area contributed by atoms with Crippen LogP contribution in [0.25, 0.3) is 11.1 Å². The van der Waals surface area contributed by atoms with Gasteiger partial charge in [-0.05, 0) is 85.1 Å². The number of phenols is 2. The summed E-state index contributed by atoms with van der Waals surface area (Å²) in [5.74, 6) is 0.414. The van der Waals surface area contributed by atoms with E-state index in [-0.39, 0.29) is 35.8 Å². The lowest BCUT2D eigenvalue weighted by Crippen LogP contribution is -2.49. The van der Waals surface area contributed by atoms with Gasteiger partial charge in [0.25, 0.3) is 5.91 Å². The van der Waals surface area contributed by atoms with Crippen LogP contribution in [0.5, 0.6) is 11.5 Å². The Hall–Kier alpha value is -3.61. The maximum absolute atomic E-state index is 13.0. The van der Waals surface area contributed by atoms with E-state index in [1.807, 2.05) is 42.5 Å². The van der Waals surface area contributed by atoms with Gasteiger partial charge in [-0.1, -0.05) is 54.6 Å². The minimum absolute atomic E-state index is 0.000472. The van der Waals surface area contributed by atoms with E-state index in [2.05, 4.69) is 23.3 Å². The van der Waals surface area contributed by atoms with Crippen LogP contribution in [-0.4, -0.2) is 58.9 Å². The van der Waals surface area contributed by atoms with Gasteiger partial charge in [-0.3, -0.25) is 4.79 Å². The molecule has 0 aromatic heterocycles. The first-order valence-corrected chi connectivity index (χ1v) is 13.0. The number of rotatable bonds is 7. The molecule has 3 aromatic carbocycles. The summed E-state index contributed by atoms with van der Waals surface area (Å²) in [5, 5.41) is 33.0. The van der Waals surface area contributed by atoms with Crippen molar-refractivity contribution in [3.8, 4) is 22.6 Å². The van der Waals surface area contributed by atoms with Gasteiger partial charge in [0, 0.05) is 18.2 Å². The van der Waals surface area contributed by atoms with Crippen molar-refractivity contribution in [2.24, 2.45) is 5.92 Å². The molecule has 1 saturated heterocycles. The average molecular weight is 499 g/mol. The van der Waals surface area contributed by atoms with Crippen LogP contribution in [0, 0.1) is 5.92 Å². The predicted octanol–water partition coefficient (Wildman–Crippen LogP) is 4.25. The lowest BCUT2D eigenvalue weighted by Gasteiger charge is -2.47. The van der Waals surface area contributed by atoms with E-state index in [4.69, 9.17) is 0 Å². The normalized spacial score (nSPS) is 21.1. The number of nitrogens with zero attached hydrogens (tertiary/aromatic N) is 1. The molecule has 192 valence electrons. The Morgan fingerprint density at radius 2 is 1.73 bits per heavy atom. The molecule has 6 heteroatoms. The van der Waals surface area contributed by atoms with Gasteiger partial charge in [-0.15, -0.1) is 0 Å². The van der Waals surface area contributed by atoms with Gasteiger partial charge in [0.1, 0.15) is 11.5 Å². The standard InChI is InChI=1S/C31H34N2O4/c1-33-17-15-26-25(3-2-18-34)28(33)19-23-10-13-27(30(36)29(23)26)31(37)32-16-14-20-4-6-21(7-5-20)22-8-11-24(35)12-9-22/h2-13,25-26,28,34-36H,14-19H2,1H3,(H,32,37)/b3-2-/t25-,26+,28-/m1/s1. The van der Waals surface area contributed by atoms with Crippen LogP contribution in [0.1, 0.15) is 39.4 Å². The topological polar surface area (TPSA) is 93.0 Å². The highest BCUT2D eigenvalue weighted by Gasteiger charge is 2.42. The highest BCUT2D eigenvalue weighted by atomic mass is 16.3. The summed E-state index contributed by atoms with van der Waals surface area (Å²) in [4.78, 5) is 15.4. The monoisotopic (exact) mass is 498 g/mol. The van der Waals surface area contributed by atoms with Gasteiger partial charge >= 0.3 is 0 Å². The number of hydrogen-bond donors (Lipinski definition) is 4. The third-order valence-electron chi connectivity index (χ3n) is 7.94. The number of aliphatic hydroxyl groups is 1. The Balaban J connectivity index is 1.26. The van der Waals surface area contributed by atoms with Crippen molar-refractivity contribution in [1.82, 2.24) is 10.2 Å². The zero-order valence-electron chi connectivity index (χ0n) is 21.1. The molecule has 6 nitrogen and oxygen atoms in total. The number of phenolic OH excluding ortho intramolecular Hbond substituents is 2. The summed E-state index contributed by atoms with van der Waals surface area (Å²) in [7, 11) is 2.13. The van der Waals surface area contributed by atoms with Crippen molar-refractivity contribution in [2.45, 2.75) is 31.2 Å². The SMILES string of the molecule is CN1CC[C@@H]2c3c(ccc(C(=O)NCCc4ccc(-c5ccc(O)cc5)cc4)c3O)C[C@@H]1[C@@H]2/C=C\CO. The number of amides is 1. The van der Waals surface area contributed by atoms with Crippen LogP contribution in [0.2, 0.25) is 0 Å². The molecular formula is C31H34N2O4. The number of hydrogen-bond acceptors (Lipinski definition) is 5. The molecule has 5 rings (SSSR count). The highest BCUT2D eigenvalue weighted by molar-refractivity contribution is 5.97. The number of fused-ring (bicyclic) bond motifs is 4. The van der Waals surface area contributed by atoms with Gasteiger partial charge in [-0.25, -0.2) is 0 Å². The van der Waals surface area contributed by atoms with E-state index in [9.17, 15) is 20.1 Å². The van der Waals surface area contributed by atoms with Crippen LogP contribution in [0.15, 0.2) is 72.8 Å². The van der Waals surface area contributed by atoms with Gasteiger partial charge in [-0.2, -0.15) is 0 Å². The van der Waals surface area contributed by atoms with Crippen LogP contribution in [-0.2, 0) is 12.8 Å². The van der Waals surface area contributed by atoms with Crippen LogP contribution in [0.4, 0.5) is 0 Å². The van der Waals surface area contributed by atoms with Crippen molar-refractivity contribution in [3.05, 3.63) is 95.1 Å². The lowest BCUT2D eigenvalue weighted by atomic mass is 9.67. The van der Waals surface area contributed by atoms with E-state index in [0.717, 1.165) is 47.2 Å². The number of aromatic hydroxyl groups is 2. The second-order valence-electron chi connectivity index (χ2n) is 10.1. The smallest absolute Gasteiger partial charge is 0.255 e. The molecule has 3 aromatic rings. The quantitative estimate of drug-likeness (QED) is 0.366. The number of benzene rings is 3. The molecule has 1 amide bonds. The number of piperidine rings is 1. The molecular weight excluding hydrogens is 464 g/mol. The van der Waals surface area contributed by atoms with Crippen molar-refractivity contribution >= 4 is 5.91 Å². The molecule has 0 saturated carbocycles. The molecule has 1 aliphatic heterocycles. The second-order valence-corrected chi connectivity index (χ2v) is 10.1. The molecule has 1 fully saturated rings. The van der Waals surface area contributed by atoms with E-state index < -0.39 is 0 Å². The van der Waals surface area contributed by atoms with E-state index in [1.54, 1.807) is 24.3 Å². The Morgan fingerprint density at radius 1 is 1.03 bits per heavy atom. The Bertz CT molecular complexity index is 1280. The number of likely N-dealkylation sites (tertiary alicyclic amines) is 1. The lowest BCUT2D eigenvalue weighted by molar-refractivity contribution is 0.0948. The Morgan fingerprint density at radius 3 is 2.43 bits per heavy atom. The molecule has 2 aliphatic rings. The Labute approximate surface area is 217 Å². The second kappa shape index (κ2) is 10.8. The van der Waals surface area contributed by atoms with Gasteiger partial charge < -0.3 is 25.5 Å². The fraction of sp³-hybridized carbons (Fsp3) is 0.323. The van der Waals surface area contributed by atoms with Crippen LogP contribution < -0.4 is 5.32 Å². The molecule has 0 spiro atoms. The molecule has 4 N–H and O–H groups in total. The number of likely N-dealkylation sites (N-methyl/N-ethyl adjacent to an activating group) is 1. The van der Waals surface area contributed by atoms with Crippen LogP contribution in [0.3, 0.4) is 0 Å². The molecule has 37 heavy (non-hydrogen) atoms. The highest BCUT2D eigenvalue weighted by Crippen LogP contribution is 2.48. The van der Waals surface area contributed by atoms with Gasteiger partial charge in [0.2, 0.25) is 0 Å². The zero-order valence-corrected chi connectivity index (χ0v) is 21.1.